The number of nitrogens with two attached hydrogens (primary N) is 1. The topological polar surface area (TPSA) is 69.4 Å². The van der Waals surface area contributed by atoms with Gasteiger partial charge in [0, 0.05) is 0 Å². The number of aryl methyl sites for hydroxylation is 1. The third-order valence-corrected chi connectivity index (χ3v) is 3.53. The highest BCUT2D eigenvalue weighted by atomic mass is 32.2. The molecule has 0 aromatic heterocycles. The molecule has 2 N–H and O–H groups in total. The molecule has 1 rings (SSSR count). The first kappa shape index (κ1) is 14.0. The second kappa shape index (κ2) is 4.31. The van der Waals surface area contributed by atoms with Crippen LogP contribution in [-0.2, 0) is 15.4 Å². The summed E-state index contributed by atoms with van der Waals surface area (Å²) in [6.07, 6.45) is 0. The summed E-state index contributed by atoms with van der Waals surface area (Å²) in [4.78, 5) is 0.0462. The van der Waals surface area contributed by atoms with Crippen LogP contribution in [0.4, 0.5) is 0 Å². The van der Waals surface area contributed by atoms with Crippen molar-refractivity contribution < 1.29 is 13.2 Å². The van der Waals surface area contributed by atoms with E-state index >= 15 is 0 Å². The summed E-state index contributed by atoms with van der Waals surface area (Å²) in [5, 5.41) is 5.21. The van der Waals surface area contributed by atoms with Crippen LogP contribution in [0.2, 0.25) is 0 Å². The van der Waals surface area contributed by atoms with Crippen LogP contribution in [0.1, 0.15) is 31.9 Å². The lowest BCUT2D eigenvalue weighted by Crippen LogP contribution is -2.17. The highest BCUT2D eigenvalue weighted by Gasteiger charge is 2.22. The monoisotopic (exact) mass is 257 g/mol. The second-order valence-corrected chi connectivity index (χ2v) is 6.65. The maximum atomic E-state index is 11.5. The Morgan fingerprint density at radius 3 is 2.12 bits per heavy atom. The molecule has 17 heavy (non-hydrogen) atoms. The van der Waals surface area contributed by atoms with E-state index in [1.165, 1.54) is 7.11 Å². The number of ether oxygens (including phenoxy) is 1. The minimum absolute atomic E-state index is 0.0462. The minimum Gasteiger partial charge on any atom is -0.495 e. The highest BCUT2D eigenvalue weighted by Crippen LogP contribution is 2.33. The molecule has 0 spiro atoms. The number of benzene rings is 1. The number of hydrogen-bond acceptors (Lipinski definition) is 3. The van der Waals surface area contributed by atoms with Crippen molar-refractivity contribution in [3.8, 4) is 5.75 Å². The van der Waals surface area contributed by atoms with Crippen molar-refractivity contribution >= 4 is 10.0 Å². The zero-order valence-electron chi connectivity index (χ0n) is 10.9. The van der Waals surface area contributed by atoms with Gasteiger partial charge in [0.2, 0.25) is 10.0 Å². The van der Waals surface area contributed by atoms with E-state index in [1.807, 2.05) is 33.8 Å². The van der Waals surface area contributed by atoms with Crippen LogP contribution in [0, 0.1) is 6.92 Å². The van der Waals surface area contributed by atoms with Gasteiger partial charge in [0.15, 0.2) is 0 Å². The molecule has 0 atom stereocenters. The molecule has 1 aromatic rings. The van der Waals surface area contributed by atoms with Crippen LogP contribution >= 0.6 is 0 Å². The molecule has 0 amide bonds. The van der Waals surface area contributed by atoms with E-state index in [-0.39, 0.29) is 10.3 Å². The zero-order valence-corrected chi connectivity index (χ0v) is 11.7. The molecule has 0 fully saturated rings. The molecule has 0 aliphatic heterocycles. The summed E-state index contributed by atoms with van der Waals surface area (Å²) in [7, 11) is -2.34. The summed E-state index contributed by atoms with van der Waals surface area (Å²) >= 11 is 0. The van der Waals surface area contributed by atoms with Crippen LogP contribution in [0.15, 0.2) is 17.0 Å². The van der Waals surface area contributed by atoms with Crippen molar-refractivity contribution in [2.24, 2.45) is 5.14 Å². The molecule has 4 nitrogen and oxygen atoms in total. The molecule has 0 aliphatic carbocycles. The van der Waals surface area contributed by atoms with Crippen molar-refractivity contribution in [2.75, 3.05) is 7.11 Å². The van der Waals surface area contributed by atoms with Gasteiger partial charge in [0.25, 0.3) is 0 Å². The Morgan fingerprint density at radius 1 is 1.24 bits per heavy atom. The fourth-order valence-electron chi connectivity index (χ4n) is 1.65. The first-order valence-corrected chi connectivity index (χ1v) is 6.84. The lowest BCUT2D eigenvalue weighted by molar-refractivity contribution is 0.398. The number of hydrogen-bond donors (Lipinski definition) is 1. The number of sulfonamides is 1. The molecule has 0 radical (unpaired) electrons. The Labute approximate surface area is 103 Å². The summed E-state index contributed by atoms with van der Waals surface area (Å²) in [6.45, 7) is 7.85. The quantitative estimate of drug-likeness (QED) is 0.880. The molecule has 96 valence electrons. The molecule has 5 heteroatoms. The van der Waals surface area contributed by atoms with E-state index in [0.29, 0.717) is 5.75 Å². The van der Waals surface area contributed by atoms with Gasteiger partial charge in [-0.15, -0.1) is 0 Å². The van der Waals surface area contributed by atoms with Crippen LogP contribution in [-0.4, -0.2) is 15.5 Å². The van der Waals surface area contributed by atoms with Crippen molar-refractivity contribution in [3.05, 3.63) is 23.3 Å². The number of methoxy groups -OCH3 is 1. The molecule has 0 bridgehead atoms. The van der Waals surface area contributed by atoms with Crippen LogP contribution < -0.4 is 9.88 Å². The van der Waals surface area contributed by atoms with Crippen molar-refractivity contribution in [1.29, 1.82) is 0 Å². The predicted octanol–water partition coefficient (Wildman–Crippen LogP) is 1.95. The van der Waals surface area contributed by atoms with Crippen LogP contribution in [0.3, 0.4) is 0 Å². The largest absolute Gasteiger partial charge is 0.495 e. The van der Waals surface area contributed by atoms with E-state index in [4.69, 9.17) is 9.88 Å². The normalized spacial score (nSPS) is 12.6. The lowest BCUT2D eigenvalue weighted by atomic mass is 9.86. The molecule has 0 saturated carbocycles. The SMILES string of the molecule is COc1c(C)cc(C(C)(C)C)cc1S(N)(=O)=O. The molecule has 0 unspecified atom stereocenters. The van der Waals surface area contributed by atoms with Gasteiger partial charge >= 0.3 is 0 Å². The van der Waals surface area contributed by atoms with Crippen LogP contribution in [0.5, 0.6) is 5.75 Å². The predicted molar refractivity (Wildman–Crippen MR) is 67.8 cm³/mol. The van der Waals surface area contributed by atoms with Crippen molar-refractivity contribution in [2.45, 2.75) is 38.0 Å². The maximum Gasteiger partial charge on any atom is 0.241 e. The van der Waals surface area contributed by atoms with E-state index in [2.05, 4.69) is 0 Å². The zero-order chi connectivity index (χ0) is 13.4. The fourth-order valence-corrected chi connectivity index (χ4v) is 2.44. The van der Waals surface area contributed by atoms with Gasteiger partial charge in [-0.2, -0.15) is 0 Å². The summed E-state index contributed by atoms with van der Waals surface area (Å²) in [6, 6.07) is 3.51. The minimum atomic E-state index is -3.78. The molecule has 0 heterocycles. The second-order valence-electron chi connectivity index (χ2n) is 5.12. The first-order valence-electron chi connectivity index (χ1n) is 5.29. The lowest BCUT2D eigenvalue weighted by Gasteiger charge is -2.22. The third kappa shape index (κ3) is 2.98. The van der Waals surface area contributed by atoms with Gasteiger partial charge in [-0.3, -0.25) is 0 Å². The summed E-state index contributed by atoms with van der Waals surface area (Å²) < 4.78 is 28.2. The highest BCUT2D eigenvalue weighted by molar-refractivity contribution is 7.89. The van der Waals surface area contributed by atoms with Gasteiger partial charge < -0.3 is 4.74 Å². The van der Waals surface area contributed by atoms with Gasteiger partial charge in [-0.25, -0.2) is 13.6 Å². The maximum absolute atomic E-state index is 11.5. The summed E-state index contributed by atoms with van der Waals surface area (Å²) in [5.74, 6) is 0.320. The fraction of sp³-hybridized carbons (Fsp3) is 0.500. The molecular formula is C12H19NO3S. The van der Waals surface area contributed by atoms with Gasteiger partial charge in [-0.1, -0.05) is 26.8 Å². The number of primary sulfonamides is 1. The van der Waals surface area contributed by atoms with Gasteiger partial charge in [-0.05, 0) is 29.5 Å². The first-order chi connectivity index (χ1) is 7.57. The number of rotatable bonds is 2. The van der Waals surface area contributed by atoms with Crippen LogP contribution in [0.25, 0.3) is 0 Å². The third-order valence-electron chi connectivity index (χ3n) is 2.62. The Kier molecular flexibility index (Phi) is 3.55. The molecular weight excluding hydrogens is 238 g/mol. The molecule has 1 aromatic carbocycles. The van der Waals surface area contributed by atoms with E-state index in [1.54, 1.807) is 6.07 Å². The average Bonchev–Trinajstić information content (AvgIpc) is 2.13. The average molecular weight is 257 g/mol. The van der Waals surface area contributed by atoms with E-state index in [9.17, 15) is 8.42 Å². The Balaban J connectivity index is 3.63. The van der Waals surface area contributed by atoms with Crippen molar-refractivity contribution in [3.63, 3.8) is 0 Å². The van der Waals surface area contributed by atoms with Gasteiger partial charge in [0.05, 0.1) is 7.11 Å². The molecule has 0 aliphatic rings. The van der Waals surface area contributed by atoms with E-state index in [0.717, 1.165) is 11.1 Å². The van der Waals surface area contributed by atoms with E-state index < -0.39 is 10.0 Å². The van der Waals surface area contributed by atoms with Crippen molar-refractivity contribution in [1.82, 2.24) is 0 Å². The standard InChI is InChI=1S/C12H19NO3S/c1-8-6-9(12(2,3)4)7-10(11(8)16-5)17(13,14)15/h6-7H,1-5H3,(H2,13,14,15). The summed E-state index contributed by atoms with van der Waals surface area (Å²) in [5.41, 5.74) is 1.54. The Bertz CT molecular complexity index is 527. The Morgan fingerprint density at radius 2 is 1.76 bits per heavy atom. The molecule has 0 saturated heterocycles. The smallest absolute Gasteiger partial charge is 0.241 e. The van der Waals surface area contributed by atoms with Gasteiger partial charge in [0.1, 0.15) is 10.6 Å². The Hall–Kier alpha value is -1.07.